The van der Waals surface area contributed by atoms with E-state index in [0.717, 1.165) is 11.3 Å². The average molecular weight is 370 g/mol. The fourth-order valence-electron chi connectivity index (χ4n) is 2.64. The second kappa shape index (κ2) is 8.93. The Kier molecular flexibility index (Phi) is 6.14. The Balaban J connectivity index is 1.38. The van der Waals surface area contributed by atoms with Gasteiger partial charge < -0.3 is 24.8 Å². The van der Waals surface area contributed by atoms with E-state index in [-0.39, 0.29) is 25.0 Å². The fourth-order valence-corrected chi connectivity index (χ4v) is 2.64. The minimum Gasteiger partial charge on any atom is -0.494 e. The van der Waals surface area contributed by atoms with Crippen LogP contribution in [0.2, 0.25) is 0 Å². The lowest BCUT2D eigenvalue weighted by atomic mass is 10.1. The van der Waals surface area contributed by atoms with Gasteiger partial charge in [-0.1, -0.05) is 12.1 Å². The molecule has 142 valence electrons. The molecule has 1 aliphatic rings. The van der Waals surface area contributed by atoms with Gasteiger partial charge in [0.25, 0.3) is 5.91 Å². The minimum absolute atomic E-state index is 0.100. The molecule has 2 aromatic carbocycles. The summed E-state index contributed by atoms with van der Waals surface area (Å²) < 4.78 is 15.8. The molecule has 0 spiro atoms. The molecule has 7 heteroatoms. The van der Waals surface area contributed by atoms with Gasteiger partial charge in [-0.25, -0.2) is 0 Å². The number of carbonyl (C=O) groups excluding carboxylic acids is 2. The molecule has 0 saturated carbocycles. The van der Waals surface area contributed by atoms with Crippen LogP contribution in [0.4, 0.5) is 0 Å². The Bertz CT molecular complexity index is 805. The number of hydrogen-bond acceptors (Lipinski definition) is 5. The Hall–Kier alpha value is -3.22. The summed E-state index contributed by atoms with van der Waals surface area (Å²) in [6.45, 7) is 3.39. The lowest BCUT2D eigenvalue weighted by Gasteiger charge is -2.08. The number of amides is 2. The topological polar surface area (TPSA) is 85.9 Å². The van der Waals surface area contributed by atoms with Gasteiger partial charge in [-0.2, -0.15) is 0 Å². The van der Waals surface area contributed by atoms with Crippen LogP contribution in [0, 0.1) is 0 Å². The molecule has 2 amide bonds. The Labute approximate surface area is 157 Å². The monoisotopic (exact) mass is 370 g/mol. The molecule has 1 aliphatic heterocycles. The second-order valence-electron chi connectivity index (χ2n) is 5.93. The van der Waals surface area contributed by atoms with Crippen LogP contribution < -0.4 is 24.8 Å². The van der Waals surface area contributed by atoms with E-state index in [2.05, 4.69) is 10.6 Å². The van der Waals surface area contributed by atoms with Crippen LogP contribution in [-0.4, -0.2) is 38.3 Å². The first-order chi connectivity index (χ1) is 13.2. The summed E-state index contributed by atoms with van der Waals surface area (Å²) in [4.78, 5) is 24.1. The zero-order valence-electron chi connectivity index (χ0n) is 15.1. The number of carbonyl (C=O) groups is 2. The lowest BCUT2D eigenvalue weighted by Crippen LogP contribution is -2.35. The number of nitrogens with one attached hydrogen (secondary N) is 2. The molecule has 0 saturated heterocycles. The van der Waals surface area contributed by atoms with Crippen molar-refractivity contribution in [3.63, 3.8) is 0 Å². The lowest BCUT2D eigenvalue weighted by molar-refractivity contribution is -0.120. The van der Waals surface area contributed by atoms with Gasteiger partial charge in [0.15, 0.2) is 11.5 Å². The molecule has 0 unspecified atom stereocenters. The number of benzene rings is 2. The highest BCUT2D eigenvalue weighted by atomic mass is 16.7. The van der Waals surface area contributed by atoms with Gasteiger partial charge in [0, 0.05) is 18.7 Å². The fraction of sp³-hybridized carbons (Fsp3) is 0.300. The third kappa shape index (κ3) is 5.13. The van der Waals surface area contributed by atoms with Gasteiger partial charge in [0.1, 0.15) is 5.75 Å². The zero-order chi connectivity index (χ0) is 19.1. The molecule has 0 bridgehead atoms. The molecule has 7 nitrogen and oxygen atoms in total. The first kappa shape index (κ1) is 18.6. The van der Waals surface area contributed by atoms with Gasteiger partial charge in [-0.15, -0.1) is 0 Å². The molecule has 2 aromatic rings. The van der Waals surface area contributed by atoms with E-state index in [1.165, 1.54) is 0 Å². The minimum atomic E-state index is -0.228. The molecular weight excluding hydrogens is 348 g/mol. The molecule has 0 atom stereocenters. The van der Waals surface area contributed by atoms with Gasteiger partial charge in [0.2, 0.25) is 12.7 Å². The van der Waals surface area contributed by atoms with Gasteiger partial charge in [0.05, 0.1) is 13.0 Å². The van der Waals surface area contributed by atoms with Crippen LogP contribution in [0.15, 0.2) is 42.5 Å². The highest BCUT2D eigenvalue weighted by molar-refractivity contribution is 5.95. The van der Waals surface area contributed by atoms with E-state index in [1.54, 1.807) is 18.2 Å². The quantitative estimate of drug-likeness (QED) is 0.693. The van der Waals surface area contributed by atoms with Crippen molar-refractivity contribution in [2.75, 3.05) is 26.5 Å². The van der Waals surface area contributed by atoms with Gasteiger partial charge in [-0.05, 0) is 42.8 Å². The first-order valence-corrected chi connectivity index (χ1v) is 8.82. The van der Waals surface area contributed by atoms with Crippen LogP contribution in [0.1, 0.15) is 22.8 Å². The van der Waals surface area contributed by atoms with Crippen LogP contribution in [-0.2, 0) is 11.2 Å². The molecule has 0 radical (unpaired) electrons. The van der Waals surface area contributed by atoms with Crippen molar-refractivity contribution in [1.29, 1.82) is 0 Å². The highest BCUT2D eigenvalue weighted by Crippen LogP contribution is 2.32. The average Bonchev–Trinajstić information content (AvgIpc) is 3.14. The number of rotatable bonds is 8. The predicted molar refractivity (Wildman–Crippen MR) is 99.2 cm³/mol. The van der Waals surface area contributed by atoms with Crippen molar-refractivity contribution in [2.24, 2.45) is 0 Å². The van der Waals surface area contributed by atoms with Gasteiger partial charge >= 0.3 is 0 Å². The summed E-state index contributed by atoms with van der Waals surface area (Å²) in [5.74, 6) is 1.65. The summed E-state index contributed by atoms with van der Waals surface area (Å²) in [5, 5.41) is 5.55. The van der Waals surface area contributed by atoms with E-state index in [4.69, 9.17) is 14.2 Å². The molecule has 1 heterocycles. The Morgan fingerprint density at radius 1 is 1.00 bits per heavy atom. The molecule has 0 aliphatic carbocycles. The third-order valence-corrected chi connectivity index (χ3v) is 3.97. The summed E-state index contributed by atoms with van der Waals surface area (Å²) in [6, 6.07) is 12.4. The summed E-state index contributed by atoms with van der Waals surface area (Å²) in [5.41, 5.74) is 1.39. The molecule has 2 N–H and O–H groups in total. The van der Waals surface area contributed by atoms with Crippen LogP contribution in [0.25, 0.3) is 0 Å². The smallest absolute Gasteiger partial charge is 0.251 e. The molecule has 3 rings (SSSR count). The van der Waals surface area contributed by atoms with E-state index >= 15 is 0 Å². The molecule has 0 aromatic heterocycles. The van der Waals surface area contributed by atoms with Crippen LogP contribution >= 0.6 is 0 Å². The zero-order valence-corrected chi connectivity index (χ0v) is 15.1. The number of fused-ring (bicyclic) bond motifs is 1. The Morgan fingerprint density at radius 2 is 1.74 bits per heavy atom. The van der Waals surface area contributed by atoms with E-state index in [0.29, 0.717) is 36.8 Å². The maximum atomic E-state index is 12.1. The number of hydrogen-bond donors (Lipinski definition) is 2. The largest absolute Gasteiger partial charge is 0.494 e. The van der Waals surface area contributed by atoms with Crippen LogP contribution in [0.3, 0.4) is 0 Å². The highest BCUT2D eigenvalue weighted by Gasteiger charge is 2.16. The predicted octanol–water partition coefficient (Wildman–Crippen LogP) is 1.90. The summed E-state index contributed by atoms with van der Waals surface area (Å²) in [7, 11) is 0. The van der Waals surface area contributed by atoms with Crippen LogP contribution in [0.5, 0.6) is 17.2 Å². The first-order valence-electron chi connectivity index (χ1n) is 8.82. The number of ether oxygens (including phenoxy) is 3. The van der Waals surface area contributed by atoms with Crippen molar-refractivity contribution < 1.29 is 23.8 Å². The third-order valence-electron chi connectivity index (χ3n) is 3.97. The van der Waals surface area contributed by atoms with Crippen molar-refractivity contribution in [3.05, 3.63) is 53.6 Å². The van der Waals surface area contributed by atoms with Crippen molar-refractivity contribution in [3.8, 4) is 17.2 Å². The van der Waals surface area contributed by atoms with E-state index < -0.39 is 0 Å². The van der Waals surface area contributed by atoms with E-state index in [1.807, 2.05) is 31.2 Å². The maximum Gasteiger partial charge on any atom is 0.251 e. The Morgan fingerprint density at radius 3 is 2.52 bits per heavy atom. The summed E-state index contributed by atoms with van der Waals surface area (Å²) in [6.07, 6.45) is 0.280. The van der Waals surface area contributed by atoms with E-state index in [9.17, 15) is 9.59 Å². The van der Waals surface area contributed by atoms with Crippen molar-refractivity contribution >= 4 is 11.8 Å². The second-order valence-corrected chi connectivity index (χ2v) is 5.93. The van der Waals surface area contributed by atoms with Crippen molar-refractivity contribution in [2.45, 2.75) is 13.3 Å². The van der Waals surface area contributed by atoms with Gasteiger partial charge in [-0.3, -0.25) is 9.59 Å². The SMILES string of the molecule is CCOc1ccc(CC(=O)NCCNC(=O)c2ccc3c(c2)OCO3)cc1. The van der Waals surface area contributed by atoms with Crippen molar-refractivity contribution in [1.82, 2.24) is 10.6 Å². The molecule has 0 fully saturated rings. The molecule has 27 heavy (non-hydrogen) atoms. The molecular formula is C20H22N2O5. The standard InChI is InChI=1S/C20H22N2O5/c1-2-25-16-6-3-14(4-7-16)11-19(23)21-9-10-22-20(24)15-5-8-17-18(12-15)27-13-26-17/h3-8,12H,2,9-11,13H2,1H3,(H,21,23)(H,22,24). The summed E-state index contributed by atoms with van der Waals surface area (Å²) >= 11 is 0. The normalized spacial score (nSPS) is 11.7. The maximum absolute atomic E-state index is 12.1.